The standard InChI is InChI=1S/C22H22FNO4/c1-4-11-24-19(15-8-6-5-7-13(15)2)18(21(26)22(24)27)20(25)16-12-14(23)9-10-17(16)28-3/h5-10,12,19,25H,4,11H2,1-3H3/b20-18+. The van der Waals surface area contributed by atoms with Crippen molar-refractivity contribution in [1.29, 1.82) is 0 Å². The van der Waals surface area contributed by atoms with E-state index in [0.717, 1.165) is 17.2 Å². The number of benzene rings is 2. The van der Waals surface area contributed by atoms with Gasteiger partial charge in [0.15, 0.2) is 0 Å². The van der Waals surface area contributed by atoms with Gasteiger partial charge in [-0.3, -0.25) is 9.59 Å². The number of rotatable bonds is 5. The zero-order chi connectivity index (χ0) is 20.4. The number of ether oxygens (including phenoxy) is 1. The number of likely N-dealkylation sites (tertiary alicyclic amines) is 1. The van der Waals surface area contributed by atoms with E-state index in [2.05, 4.69) is 0 Å². The van der Waals surface area contributed by atoms with E-state index in [4.69, 9.17) is 4.74 Å². The highest BCUT2D eigenvalue weighted by Crippen LogP contribution is 2.41. The molecule has 1 aliphatic rings. The van der Waals surface area contributed by atoms with Crippen molar-refractivity contribution in [1.82, 2.24) is 4.90 Å². The van der Waals surface area contributed by atoms with E-state index in [1.165, 1.54) is 24.1 Å². The minimum atomic E-state index is -0.787. The van der Waals surface area contributed by atoms with Crippen LogP contribution in [0, 0.1) is 12.7 Å². The normalized spacial score (nSPS) is 18.6. The number of aryl methyl sites for hydroxylation is 1. The number of ketones is 1. The molecule has 0 aromatic heterocycles. The van der Waals surface area contributed by atoms with E-state index < -0.39 is 29.3 Å². The van der Waals surface area contributed by atoms with Gasteiger partial charge >= 0.3 is 0 Å². The highest BCUT2D eigenvalue weighted by Gasteiger charge is 2.46. The SMILES string of the molecule is CCCN1C(=O)C(=O)/C(=C(/O)c2cc(F)ccc2OC)C1c1ccccc1C. The van der Waals surface area contributed by atoms with Crippen molar-refractivity contribution in [2.75, 3.05) is 13.7 Å². The van der Waals surface area contributed by atoms with Gasteiger partial charge in [-0.25, -0.2) is 4.39 Å². The molecule has 6 heteroatoms. The lowest BCUT2D eigenvalue weighted by molar-refractivity contribution is -0.139. The molecule has 5 nitrogen and oxygen atoms in total. The van der Waals surface area contributed by atoms with Gasteiger partial charge in [-0.1, -0.05) is 31.2 Å². The second kappa shape index (κ2) is 7.84. The number of carbonyl (C=O) groups is 2. The highest BCUT2D eigenvalue weighted by atomic mass is 19.1. The smallest absolute Gasteiger partial charge is 0.295 e. The second-order valence-electron chi connectivity index (χ2n) is 6.69. The zero-order valence-corrected chi connectivity index (χ0v) is 16.0. The lowest BCUT2D eigenvalue weighted by Gasteiger charge is -2.26. The maximum atomic E-state index is 13.8. The first-order valence-corrected chi connectivity index (χ1v) is 9.08. The van der Waals surface area contributed by atoms with Crippen molar-refractivity contribution in [3.63, 3.8) is 0 Å². The van der Waals surface area contributed by atoms with E-state index in [0.29, 0.717) is 13.0 Å². The summed E-state index contributed by atoms with van der Waals surface area (Å²) in [5, 5.41) is 11.0. The summed E-state index contributed by atoms with van der Waals surface area (Å²) in [7, 11) is 1.39. The number of nitrogens with zero attached hydrogens (tertiary/aromatic N) is 1. The average Bonchev–Trinajstić information content (AvgIpc) is 2.93. The number of methoxy groups -OCH3 is 1. The van der Waals surface area contributed by atoms with Crippen LogP contribution in [0.5, 0.6) is 5.75 Å². The van der Waals surface area contributed by atoms with Crippen LogP contribution in [0.3, 0.4) is 0 Å². The van der Waals surface area contributed by atoms with E-state index in [-0.39, 0.29) is 16.9 Å². The third-order valence-corrected chi connectivity index (χ3v) is 4.90. The molecule has 1 N–H and O–H groups in total. The molecule has 2 aromatic carbocycles. The molecule has 1 saturated heterocycles. The van der Waals surface area contributed by atoms with Crippen LogP contribution < -0.4 is 4.74 Å². The highest BCUT2D eigenvalue weighted by molar-refractivity contribution is 6.46. The minimum absolute atomic E-state index is 0.0376. The summed E-state index contributed by atoms with van der Waals surface area (Å²) in [6.45, 7) is 4.15. The Balaban J connectivity index is 2.28. The van der Waals surface area contributed by atoms with Crippen molar-refractivity contribution in [2.24, 2.45) is 0 Å². The molecule has 146 valence electrons. The van der Waals surface area contributed by atoms with Gasteiger partial charge < -0.3 is 14.7 Å². The molecule has 1 aliphatic heterocycles. The first-order valence-electron chi connectivity index (χ1n) is 9.08. The monoisotopic (exact) mass is 383 g/mol. The number of hydrogen-bond donors (Lipinski definition) is 1. The van der Waals surface area contributed by atoms with E-state index in [1.807, 2.05) is 38.1 Å². The van der Waals surface area contributed by atoms with Crippen LogP contribution in [0.25, 0.3) is 5.76 Å². The molecule has 0 aliphatic carbocycles. The van der Waals surface area contributed by atoms with Crippen LogP contribution in [-0.2, 0) is 9.59 Å². The Morgan fingerprint density at radius 2 is 1.93 bits per heavy atom. The average molecular weight is 383 g/mol. The number of Topliss-reactive ketones (excluding diaryl/α,β-unsaturated/α-hetero) is 1. The van der Waals surface area contributed by atoms with Crippen molar-refractivity contribution in [3.8, 4) is 5.75 Å². The Kier molecular flexibility index (Phi) is 5.49. The fraction of sp³-hybridized carbons (Fsp3) is 0.273. The van der Waals surface area contributed by atoms with E-state index in [1.54, 1.807) is 0 Å². The predicted octanol–water partition coefficient (Wildman–Crippen LogP) is 3.97. The van der Waals surface area contributed by atoms with Gasteiger partial charge in [0.05, 0.1) is 24.3 Å². The van der Waals surface area contributed by atoms with E-state index >= 15 is 0 Å². The zero-order valence-electron chi connectivity index (χ0n) is 16.0. The summed E-state index contributed by atoms with van der Waals surface area (Å²) in [4.78, 5) is 27.0. The van der Waals surface area contributed by atoms with Crippen LogP contribution in [-0.4, -0.2) is 35.4 Å². The van der Waals surface area contributed by atoms with Crippen molar-refractivity contribution in [3.05, 3.63) is 70.5 Å². The first-order chi connectivity index (χ1) is 13.4. The molecule has 1 atom stereocenters. The Labute approximate surface area is 163 Å². The second-order valence-corrected chi connectivity index (χ2v) is 6.69. The maximum Gasteiger partial charge on any atom is 0.295 e. The summed E-state index contributed by atoms with van der Waals surface area (Å²) in [5.74, 6) is -2.28. The Hall–Kier alpha value is -3.15. The molecule has 1 fully saturated rings. The molecule has 0 radical (unpaired) electrons. The number of aliphatic hydroxyl groups is 1. The Morgan fingerprint density at radius 1 is 1.21 bits per heavy atom. The predicted molar refractivity (Wildman–Crippen MR) is 103 cm³/mol. The third kappa shape index (κ3) is 3.26. The van der Waals surface area contributed by atoms with Crippen LogP contribution in [0.15, 0.2) is 48.0 Å². The minimum Gasteiger partial charge on any atom is -0.507 e. The molecule has 1 amide bonds. The van der Waals surface area contributed by atoms with Gasteiger partial charge in [0.1, 0.15) is 17.3 Å². The van der Waals surface area contributed by atoms with Gasteiger partial charge in [0, 0.05) is 6.54 Å². The van der Waals surface area contributed by atoms with Crippen LogP contribution in [0.4, 0.5) is 4.39 Å². The van der Waals surface area contributed by atoms with Crippen LogP contribution in [0.2, 0.25) is 0 Å². The van der Waals surface area contributed by atoms with Crippen molar-refractivity contribution < 1.29 is 23.8 Å². The summed E-state index contributed by atoms with van der Waals surface area (Å²) < 4.78 is 19.0. The molecule has 28 heavy (non-hydrogen) atoms. The molecular weight excluding hydrogens is 361 g/mol. The summed E-state index contributed by atoms with van der Waals surface area (Å²) >= 11 is 0. The molecule has 1 heterocycles. The summed E-state index contributed by atoms with van der Waals surface area (Å²) in [5.41, 5.74) is 1.60. The van der Waals surface area contributed by atoms with Crippen LogP contribution in [0.1, 0.15) is 36.1 Å². The quantitative estimate of drug-likeness (QED) is 0.482. The third-order valence-electron chi connectivity index (χ3n) is 4.90. The van der Waals surface area contributed by atoms with Gasteiger partial charge in [0.25, 0.3) is 11.7 Å². The Bertz CT molecular complexity index is 967. The largest absolute Gasteiger partial charge is 0.507 e. The van der Waals surface area contributed by atoms with Crippen LogP contribution >= 0.6 is 0 Å². The number of halogens is 1. The molecule has 0 spiro atoms. The Morgan fingerprint density at radius 3 is 2.57 bits per heavy atom. The number of amides is 1. The molecule has 0 bridgehead atoms. The number of aliphatic hydroxyl groups excluding tert-OH is 1. The number of carbonyl (C=O) groups excluding carboxylic acids is 2. The van der Waals surface area contributed by atoms with Crippen molar-refractivity contribution >= 4 is 17.4 Å². The molecule has 2 aromatic rings. The summed E-state index contributed by atoms with van der Waals surface area (Å²) in [6.07, 6.45) is 0.652. The maximum absolute atomic E-state index is 13.8. The van der Waals surface area contributed by atoms with Gasteiger partial charge in [-0.15, -0.1) is 0 Å². The van der Waals surface area contributed by atoms with E-state index in [9.17, 15) is 19.1 Å². The van der Waals surface area contributed by atoms with Gasteiger partial charge in [0.2, 0.25) is 0 Å². The van der Waals surface area contributed by atoms with Gasteiger partial charge in [-0.2, -0.15) is 0 Å². The summed E-state index contributed by atoms with van der Waals surface area (Å²) in [6, 6.07) is 10.3. The lowest BCUT2D eigenvalue weighted by Crippen LogP contribution is -2.30. The number of hydrogen-bond acceptors (Lipinski definition) is 4. The van der Waals surface area contributed by atoms with Gasteiger partial charge in [-0.05, 0) is 42.7 Å². The fourth-order valence-electron chi connectivity index (χ4n) is 3.58. The first kappa shape index (κ1) is 19.6. The molecule has 1 unspecified atom stereocenters. The molecular formula is C22H22FNO4. The molecule has 0 saturated carbocycles. The fourth-order valence-corrected chi connectivity index (χ4v) is 3.58. The van der Waals surface area contributed by atoms with Crippen molar-refractivity contribution in [2.45, 2.75) is 26.3 Å². The molecule has 3 rings (SSSR count). The lowest BCUT2D eigenvalue weighted by atomic mass is 9.92. The topological polar surface area (TPSA) is 66.8 Å².